The summed E-state index contributed by atoms with van der Waals surface area (Å²) in [5, 5.41) is 0. The first-order valence-electron chi connectivity index (χ1n) is 8.56. The Balaban J connectivity index is 1.56. The molecule has 1 unspecified atom stereocenters. The van der Waals surface area contributed by atoms with Crippen LogP contribution in [-0.4, -0.2) is 47.7 Å². The third kappa shape index (κ3) is 3.22. The van der Waals surface area contributed by atoms with Gasteiger partial charge in [-0.3, -0.25) is 9.69 Å². The maximum Gasteiger partial charge on any atom is 0.231 e. The third-order valence-corrected chi connectivity index (χ3v) is 4.84. The zero-order valence-corrected chi connectivity index (χ0v) is 14.6. The van der Waals surface area contributed by atoms with E-state index in [9.17, 15) is 4.79 Å². The fourth-order valence-corrected chi connectivity index (χ4v) is 3.61. The predicted octanol–water partition coefficient (Wildman–Crippen LogP) is 1.94. The Morgan fingerprint density at radius 1 is 1.20 bits per heavy atom. The zero-order valence-electron chi connectivity index (χ0n) is 14.6. The van der Waals surface area contributed by atoms with Crippen LogP contribution in [0.4, 0.5) is 0 Å². The van der Waals surface area contributed by atoms with Gasteiger partial charge in [0.05, 0.1) is 5.92 Å². The Morgan fingerprint density at radius 3 is 2.88 bits per heavy atom. The van der Waals surface area contributed by atoms with Crippen molar-refractivity contribution in [3.63, 3.8) is 0 Å². The van der Waals surface area contributed by atoms with Crippen molar-refractivity contribution >= 4 is 5.91 Å². The van der Waals surface area contributed by atoms with Crippen molar-refractivity contribution in [2.45, 2.75) is 19.6 Å². The minimum absolute atomic E-state index is 0.0438. The average Bonchev–Trinajstić information content (AvgIpc) is 3.19. The van der Waals surface area contributed by atoms with Gasteiger partial charge in [-0.15, -0.1) is 0 Å². The fraction of sp³-hybridized carbons (Fsp3) is 0.421. The molecule has 1 aromatic heterocycles. The molecule has 6 heteroatoms. The van der Waals surface area contributed by atoms with E-state index < -0.39 is 0 Å². The number of benzene rings is 1. The van der Waals surface area contributed by atoms with Crippen LogP contribution >= 0.6 is 0 Å². The molecule has 4 rings (SSSR count). The molecule has 132 valence electrons. The standard InChI is InChI=1S/C19H23N3O3/c1-20(2)19(23)15-10-21(12-16-4-3-7-22(16)11-15)9-14-5-6-17-18(8-14)25-13-24-17/h3-8,15H,9-13H2,1-2H3. The van der Waals surface area contributed by atoms with Crippen LogP contribution in [-0.2, 0) is 24.4 Å². The molecular weight excluding hydrogens is 318 g/mol. The minimum Gasteiger partial charge on any atom is -0.454 e. The lowest BCUT2D eigenvalue weighted by Gasteiger charge is -2.25. The third-order valence-electron chi connectivity index (χ3n) is 4.84. The van der Waals surface area contributed by atoms with Crippen LogP contribution < -0.4 is 9.47 Å². The molecule has 0 bridgehead atoms. The Bertz CT molecular complexity index is 784. The first-order chi connectivity index (χ1) is 12.1. The van der Waals surface area contributed by atoms with E-state index >= 15 is 0 Å². The average molecular weight is 341 g/mol. The lowest BCUT2D eigenvalue weighted by atomic mass is 10.1. The molecule has 0 saturated carbocycles. The molecule has 0 radical (unpaired) electrons. The van der Waals surface area contributed by atoms with Crippen molar-refractivity contribution in [2.24, 2.45) is 5.92 Å². The first-order valence-corrected chi connectivity index (χ1v) is 8.56. The summed E-state index contributed by atoms with van der Waals surface area (Å²) in [5.41, 5.74) is 2.41. The number of carbonyl (C=O) groups is 1. The van der Waals surface area contributed by atoms with Crippen molar-refractivity contribution in [2.75, 3.05) is 27.4 Å². The molecular formula is C19H23N3O3. The van der Waals surface area contributed by atoms with E-state index in [0.717, 1.165) is 37.7 Å². The molecule has 1 aromatic carbocycles. The van der Waals surface area contributed by atoms with Gasteiger partial charge in [0, 0.05) is 52.2 Å². The van der Waals surface area contributed by atoms with E-state index in [1.54, 1.807) is 4.90 Å². The number of hydrogen-bond donors (Lipinski definition) is 0. The Labute approximate surface area is 147 Å². The number of rotatable bonds is 3. The van der Waals surface area contributed by atoms with E-state index in [1.807, 2.05) is 26.2 Å². The molecule has 1 atom stereocenters. The number of ether oxygens (including phenoxy) is 2. The van der Waals surface area contributed by atoms with Crippen LogP contribution in [0.3, 0.4) is 0 Å². The highest BCUT2D eigenvalue weighted by Crippen LogP contribution is 2.33. The maximum atomic E-state index is 12.6. The van der Waals surface area contributed by atoms with Crippen LogP contribution in [0.1, 0.15) is 11.3 Å². The topological polar surface area (TPSA) is 46.9 Å². The Morgan fingerprint density at radius 2 is 2.04 bits per heavy atom. The van der Waals surface area contributed by atoms with E-state index in [4.69, 9.17) is 9.47 Å². The smallest absolute Gasteiger partial charge is 0.231 e. The zero-order chi connectivity index (χ0) is 17.4. The van der Waals surface area contributed by atoms with Gasteiger partial charge in [-0.25, -0.2) is 0 Å². The van der Waals surface area contributed by atoms with Crippen molar-refractivity contribution in [1.82, 2.24) is 14.4 Å². The molecule has 2 aliphatic rings. The number of amides is 1. The van der Waals surface area contributed by atoms with Gasteiger partial charge < -0.3 is 18.9 Å². The SMILES string of the molecule is CN(C)C(=O)C1CN(Cc2ccc3c(c2)OCO3)Cc2cccn2C1. The molecule has 0 fully saturated rings. The first kappa shape index (κ1) is 16.0. The Hall–Kier alpha value is -2.47. The highest BCUT2D eigenvalue weighted by atomic mass is 16.7. The molecule has 0 aliphatic carbocycles. The van der Waals surface area contributed by atoms with Crippen LogP contribution in [0.25, 0.3) is 0 Å². The lowest BCUT2D eigenvalue weighted by Crippen LogP contribution is -2.38. The fourth-order valence-electron chi connectivity index (χ4n) is 3.61. The van der Waals surface area contributed by atoms with Gasteiger partial charge in [0.1, 0.15) is 0 Å². The van der Waals surface area contributed by atoms with Gasteiger partial charge in [0.2, 0.25) is 12.7 Å². The quantitative estimate of drug-likeness (QED) is 0.856. The van der Waals surface area contributed by atoms with Crippen LogP contribution in [0.2, 0.25) is 0 Å². The second kappa shape index (κ2) is 6.44. The molecule has 3 heterocycles. The molecule has 0 N–H and O–H groups in total. The number of hydrogen-bond acceptors (Lipinski definition) is 4. The monoisotopic (exact) mass is 341 g/mol. The number of carbonyl (C=O) groups excluding carboxylic acids is 1. The van der Waals surface area contributed by atoms with Gasteiger partial charge in [0.25, 0.3) is 0 Å². The molecule has 0 spiro atoms. The summed E-state index contributed by atoms with van der Waals surface area (Å²) < 4.78 is 13.1. The van der Waals surface area contributed by atoms with Crippen molar-refractivity contribution < 1.29 is 14.3 Å². The predicted molar refractivity (Wildman–Crippen MR) is 93.3 cm³/mol. The highest BCUT2D eigenvalue weighted by Gasteiger charge is 2.28. The van der Waals surface area contributed by atoms with Crippen LogP contribution in [0.5, 0.6) is 11.5 Å². The lowest BCUT2D eigenvalue weighted by molar-refractivity contribution is -0.134. The summed E-state index contributed by atoms with van der Waals surface area (Å²) in [5.74, 6) is 1.74. The summed E-state index contributed by atoms with van der Waals surface area (Å²) >= 11 is 0. The molecule has 6 nitrogen and oxygen atoms in total. The second-order valence-electron chi connectivity index (χ2n) is 6.94. The minimum atomic E-state index is -0.0438. The van der Waals surface area contributed by atoms with Gasteiger partial charge >= 0.3 is 0 Å². The number of fused-ring (bicyclic) bond motifs is 2. The Kier molecular flexibility index (Phi) is 4.13. The molecule has 25 heavy (non-hydrogen) atoms. The van der Waals surface area contributed by atoms with E-state index in [1.165, 1.54) is 11.3 Å². The van der Waals surface area contributed by atoms with E-state index in [-0.39, 0.29) is 18.6 Å². The maximum absolute atomic E-state index is 12.6. The van der Waals surface area contributed by atoms with Crippen molar-refractivity contribution in [3.05, 3.63) is 47.8 Å². The molecule has 2 aromatic rings. The van der Waals surface area contributed by atoms with Gasteiger partial charge in [0.15, 0.2) is 11.5 Å². The number of nitrogens with zero attached hydrogens (tertiary/aromatic N) is 3. The van der Waals surface area contributed by atoms with Crippen LogP contribution in [0.15, 0.2) is 36.5 Å². The normalized spacial score (nSPS) is 19.4. The summed E-state index contributed by atoms with van der Waals surface area (Å²) in [4.78, 5) is 16.6. The van der Waals surface area contributed by atoms with Gasteiger partial charge in [-0.2, -0.15) is 0 Å². The largest absolute Gasteiger partial charge is 0.454 e. The van der Waals surface area contributed by atoms with E-state index in [2.05, 4.69) is 33.9 Å². The van der Waals surface area contributed by atoms with Crippen molar-refractivity contribution in [3.8, 4) is 11.5 Å². The summed E-state index contributed by atoms with van der Waals surface area (Å²) in [6.07, 6.45) is 2.06. The van der Waals surface area contributed by atoms with Gasteiger partial charge in [-0.05, 0) is 29.8 Å². The van der Waals surface area contributed by atoms with E-state index in [0.29, 0.717) is 0 Å². The molecule has 2 aliphatic heterocycles. The summed E-state index contributed by atoms with van der Waals surface area (Å²) in [7, 11) is 3.65. The highest BCUT2D eigenvalue weighted by molar-refractivity contribution is 5.78. The second-order valence-corrected chi connectivity index (χ2v) is 6.94. The number of aromatic nitrogens is 1. The van der Waals surface area contributed by atoms with Crippen LogP contribution in [0, 0.1) is 5.92 Å². The summed E-state index contributed by atoms with van der Waals surface area (Å²) in [6.45, 7) is 3.37. The van der Waals surface area contributed by atoms with Crippen molar-refractivity contribution in [1.29, 1.82) is 0 Å². The summed E-state index contributed by atoms with van der Waals surface area (Å²) in [6, 6.07) is 10.3. The molecule has 0 saturated heterocycles. The molecule has 1 amide bonds. The van der Waals surface area contributed by atoms with Gasteiger partial charge in [-0.1, -0.05) is 6.07 Å².